The molecule has 25 heavy (non-hydrogen) atoms. The van der Waals surface area contributed by atoms with Crippen LogP contribution in [-0.4, -0.2) is 30.1 Å². The number of rotatable bonds is 3. The predicted octanol–water partition coefficient (Wildman–Crippen LogP) is 2.33. The number of benzene rings is 1. The number of guanidine groups is 1. The van der Waals surface area contributed by atoms with Crippen LogP contribution in [0.1, 0.15) is 0 Å². The fourth-order valence-electron chi connectivity index (χ4n) is 2.61. The zero-order valence-corrected chi connectivity index (χ0v) is 13.5. The number of anilines is 2. The van der Waals surface area contributed by atoms with Gasteiger partial charge in [0, 0.05) is 11.8 Å². The van der Waals surface area contributed by atoms with Crippen molar-refractivity contribution in [3.8, 4) is 5.75 Å². The third-order valence-electron chi connectivity index (χ3n) is 3.89. The summed E-state index contributed by atoms with van der Waals surface area (Å²) in [6, 6.07) is 11.2. The SMILES string of the molecule is COc1ccc(NC2=N[N+]3(c4ccc(N)nc4)C=CN=CC3=N2)cc1. The lowest BCUT2D eigenvalue weighted by atomic mass is 10.3. The third-order valence-corrected chi connectivity index (χ3v) is 3.89. The van der Waals surface area contributed by atoms with Crippen molar-refractivity contribution in [2.45, 2.75) is 0 Å². The second kappa shape index (κ2) is 5.84. The summed E-state index contributed by atoms with van der Waals surface area (Å²) in [6.07, 6.45) is 6.90. The molecule has 1 aromatic carbocycles. The van der Waals surface area contributed by atoms with Gasteiger partial charge in [-0.05, 0) is 35.4 Å². The van der Waals surface area contributed by atoms with E-state index in [0.717, 1.165) is 17.1 Å². The van der Waals surface area contributed by atoms with Gasteiger partial charge in [0.25, 0.3) is 11.8 Å². The normalized spacial score (nSPS) is 20.7. The van der Waals surface area contributed by atoms with E-state index in [1.165, 1.54) is 0 Å². The van der Waals surface area contributed by atoms with Crippen LogP contribution in [0.3, 0.4) is 0 Å². The number of hydrogen-bond acceptors (Lipinski definition) is 7. The molecule has 4 rings (SSSR count). The van der Waals surface area contributed by atoms with Crippen molar-refractivity contribution < 1.29 is 4.74 Å². The zero-order valence-electron chi connectivity index (χ0n) is 13.5. The summed E-state index contributed by atoms with van der Waals surface area (Å²) < 4.78 is 5.23. The van der Waals surface area contributed by atoms with E-state index in [9.17, 15) is 0 Å². The molecule has 0 spiro atoms. The second-order valence-corrected chi connectivity index (χ2v) is 5.45. The van der Waals surface area contributed by atoms with Gasteiger partial charge in [0.2, 0.25) is 0 Å². The Morgan fingerprint density at radius 2 is 1.96 bits per heavy atom. The van der Waals surface area contributed by atoms with Crippen LogP contribution in [-0.2, 0) is 0 Å². The first-order valence-electron chi connectivity index (χ1n) is 7.62. The van der Waals surface area contributed by atoms with Crippen molar-refractivity contribution in [2.24, 2.45) is 15.1 Å². The quantitative estimate of drug-likeness (QED) is 0.842. The van der Waals surface area contributed by atoms with Crippen LogP contribution in [0, 0.1) is 0 Å². The molecular weight excluding hydrogens is 318 g/mol. The summed E-state index contributed by atoms with van der Waals surface area (Å²) in [6.45, 7) is 0. The second-order valence-electron chi connectivity index (χ2n) is 5.45. The number of nitrogens with one attached hydrogen (secondary N) is 1. The fraction of sp³-hybridized carbons (Fsp3) is 0.0588. The largest absolute Gasteiger partial charge is 0.497 e. The molecule has 0 radical (unpaired) electrons. The molecule has 3 heterocycles. The van der Waals surface area contributed by atoms with Crippen molar-refractivity contribution in [1.82, 2.24) is 9.58 Å². The summed E-state index contributed by atoms with van der Waals surface area (Å²) in [5.41, 5.74) is 7.37. The lowest BCUT2D eigenvalue weighted by Crippen LogP contribution is -2.44. The van der Waals surface area contributed by atoms with E-state index in [1.54, 1.807) is 31.8 Å². The van der Waals surface area contributed by atoms with Crippen LogP contribution in [0.25, 0.3) is 0 Å². The average Bonchev–Trinajstić information content (AvgIpc) is 3.02. The average molecular weight is 334 g/mol. The lowest BCUT2D eigenvalue weighted by molar-refractivity contribution is 0.415. The number of methoxy groups -OCH3 is 1. The minimum atomic E-state index is 0.0648. The summed E-state index contributed by atoms with van der Waals surface area (Å²) in [7, 11) is 1.63. The highest BCUT2D eigenvalue weighted by molar-refractivity contribution is 6.38. The number of nitrogens with two attached hydrogens (primary N) is 1. The maximum absolute atomic E-state index is 5.69. The van der Waals surface area contributed by atoms with E-state index in [2.05, 4.69) is 20.3 Å². The number of hydrogen-bond donors (Lipinski definition) is 2. The molecule has 2 aliphatic heterocycles. The Morgan fingerprint density at radius 3 is 2.68 bits per heavy atom. The van der Waals surface area contributed by atoms with Gasteiger partial charge in [-0.1, -0.05) is 4.59 Å². The Bertz CT molecular complexity index is 913. The number of amidine groups is 1. The molecule has 0 fully saturated rings. The van der Waals surface area contributed by atoms with Gasteiger partial charge in [0.1, 0.15) is 17.8 Å². The van der Waals surface area contributed by atoms with Crippen LogP contribution in [0.5, 0.6) is 5.75 Å². The van der Waals surface area contributed by atoms with Crippen molar-refractivity contribution in [1.29, 1.82) is 0 Å². The molecule has 124 valence electrons. The molecule has 0 aliphatic carbocycles. The van der Waals surface area contributed by atoms with E-state index in [-0.39, 0.29) is 4.59 Å². The molecular formula is C17H16N7O+. The van der Waals surface area contributed by atoms with Gasteiger partial charge >= 0.3 is 0 Å². The molecule has 8 nitrogen and oxygen atoms in total. The van der Waals surface area contributed by atoms with Gasteiger partial charge in [-0.2, -0.15) is 4.99 Å². The van der Waals surface area contributed by atoms with Crippen LogP contribution >= 0.6 is 0 Å². The fourth-order valence-corrected chi connectivity index (χ4v) is 2.61. The molecule has 0 saturated heterocycles. The molecule has 2 aromatic rings. The third kappa shape index (κ3) is 2.64. The van der Waals surface area contributed by atoms with Crippen molar-refractivity contribution in [3.63, 3.8) is 0 Å². The zero-order chi connectivity index (χ0) is 17.3. The minimum absolute atomic E-state index is 0.0648. The molecule has 1 unspecified atom stereocenters. The molecule has 0 saturated carbocycles. The predicted molar refractivity (Wildman–Crippen MR) is 99.6 cm³/mol. The summed E-state index contributed by atoms with van der Waals surface area (Å²) in [5.74, 6) is 2.39. The van der Waals surface area contributed by atoms with E-state index >= 15 is 0 Å². The summed E-state index contributed by atoms with van der Waals surface area (Å²) in [4.78, 5) is 12.9. The maximum Gasteiger partial charge on any atom is 0.287 e. The standard InChI is InChI=1S/C17H16N7O/c1-25-14-5-2-12(3-6-14)21-17-22-16-11-19-8-9-24(16,23-17)13-4-7-15(18)20-10-13/h2-11H,1H3,(H2,18,20)(H,21,23)/q+1. The van der Waals surface area contributed by atoms with Gasteiger partial charge in [0.05, 0.1) is 19.5 Å². The van der Waals surface area contributed by atoms with E-state index in [4.69, 9.17) is 15.6 Å². The highest BCUT2D eigenvalue weighted by Gasteiger charge is 2.43. The van der Waals surface area contributed by atoms with Crippen LogP contribution in [0.15, 0.2) is 70.1 Å². The highest BCUT2D eigenvalue weighted by Crippen LogP contribution is 2.30. The molecule has 0 amide bonds. The molecule has 0 bridgehead atoms. The number of fused-ring (bicyclic) bond motifs is 1. The molecule has 2 aliphatic rings. The first kappa shape index (κ1) is 15.0. The molecule has 1 aromatic heterocycles. The Balaban J connectivity index is 1.69. The summed E-state index contributed by atoms with van der Waals surface area (Å²) >= 11 is 0. The van der Waals surface area contributed by atoms with Gasteiger partial charge in [-0.3, -0.25) is 4.99 Å². The van der Waals surface area contributed by atoms with E-state index in [0.29, 0.717) is 17.6 Å². The van der Waals surface area contributed by atoms with Gasteiger partial charge in [-0.25, -0.2) is 4.98 Å². The van der Waals surface area contributed by atoms with Gasteiger partial charge in [-0.15, -0.1) is 0 Å². The van der Waals surface area contributed by atoms with E-state index in [1.807, 2.05) is 36.5 Å². The first-order valence-corrected chi connectivity index (χ1v) is 7.62. The Morgan fingerprint density at radius 1 is 1.12 bits per heavy atom. The number of quaternary nitrogens is 1. The smallest absolute Gasteiger partial charge is 0.287 e. The lowest BCUT2D eigenvalue weighted by Gasteiger charge is -2.23. The molecule has 3 N–H and O–H groups in total. The molecule has 8 heteroatoms. The number of pyridine rings is 1. The number of nitrogen functional groups attached to an aromatic ring is 1. The number of aliphatic imine (C=N–C) groups is 2. The number of ether oxygens (including phenoxy) is 1. The van der Waals surface area contributed by atoms with Crippen molar-refractivity contribution in [3.05, 3.63) is 55.0 Å². The minimum Gasteiger partial charge on any atom is -0.497 e. The van der Waals surface area contributed by atoms with Crippen LogP contribution < -0.4 is 20.4 Å². The van der Waals surface area contributed by atoms with E-state index < -0.39 is 0 Å². The molecule has 1 atom stereocenters. The van der Waals surface area contributed by atoms with Crippen LogP contribution in [0.2, 0.25) is 0 Å². The first-order chi connectivity index (χ1) is 12.2. The van der Waals surface area contributed by atoms with Crippen LogP contribution in [0.4, 0.5) is 17.2 Å². The Hall–Kier alpha value is -3.52. The maximum atomic E-state index is 5.69. The number of nitrogens with zero attached hydrogens (tertiary/aromatic N) is 5. The highest BCUT2D eigenvalue weighted by atomic mass is 16.5. The van der Waals surface area contributed by atoms with Crippen molar-refractivity contribution >= 4 is 35.2 Å². The summed E-state index contributed by atoms with van der Waals surface area (Å²) in [5, 5.41) is 7.93. The van der Waals surface area contributed by atoms with Gasteiger partial charge < -0.3 is 15.8 Å². The Kier molecular flexibility index (Phi) is 3.51. The van der Waals surface area contributed by atoms with Crippen molar-refractivity contribution in [2.75, 3.05) is 18.2 Å². The van der Waals surface area contributed by atoms with Gasteiger partial charge in [0.15, 0.2) is 11.9 Å². The number of aromatic nitrogens is 1. The Labute approximate surface area is 144 Å². The topological polar surface area (TPSA) is 97.2 Å². The monoisotopic (exact) mass is 334 g/mol.